The molecule has 2 saturated carbocycles. The number of hydrogen-bond donors (Lipinski definition) is 2. The molecule has 2 N–H and O–H groups in total. The highest BCUT2D eigenvalue weighted by Crippen LogP contribution is 2.35. The Bertz CT molecular complexity index is 689. The van der Waals surface area contributed by atoms with Crippen molar-refractivity contribution in [3.8, 4) is 0 Å². The van der Waals surface area contributed by atoms with Gasteiger partial charge in [0, 0.05) is 0 Å². The normalized spacial score (nSPS) is 28.5. The minimum absolute atomic E-state index is 0.274. The van der Waals surface area contributed by atoms with Crippen LogP contribution in [0.25, 0.3) is 0 Å². The molecule has 2 aromatic rings. The van der Waals surface area contributed by atoms with Gasteiger partial charge in [0.25, 0.3) is 0 Å². The van der Waals surface area contributed by atoms with Crippen LogP contribution in [0, 0.1) is 11.8 Å². The van der Waals surface area contributed by atoms with E-state index >= 15 is 0 Å². The van der Waals surface area contributed by atoms with E-state index in [2.05, 4.69) is 89.8 Å². The van der Waals surface area contributed by atoms with Crippen LogP contribution in [0.4, 0.5) is 0 Å². The molecule has 0 radical (unpaired) electrons. The first-order valence-electron chi connectivity index (χ1n) is 11.8. The van der Waals surface area contributed by atoms with Crippen molar-refractivity contribution >= 4 is 18.5 Å². The van der Waals surface area contributed by atoms with Crippen LogP contribution in [0.15, 0.2) is 60.7 Å². The van der Waals surface area contributed by atoms with Crippen LogP contribution in [0.3, 0.4) is 0 Å². The molecule has 4 rings (SSSR count). The first kappa shape index (κ1) is 22.4. The summed E-state index contributed by atoms with van der Waals surface area (Å²) in [6, 6.07) is 22.7. The number of nitrogens with one attached hydrogen (secondary N) is 2. The summed E-state index contributed by atoms with van der Waals surface area (Å²) in [6.45, 7) is 2.18. The molecule has 2 aliphatic rings. The molecule has 0 amide bonds. The van der Waals surface area contributed by atoms with E-state index in [1.54, 1.807) is 0 Å². The van der Waals surface area contributed by atoms with E-state index in [1.807, 2.05) is 0 Å². The van der Waals surface area contributed by atoms with Gasteiger partial charge in [0.05, 0.1) is 12.1 Å². The van der Waals surface area contributed by atoms with Crippen molar-refractivity contribution in [2.45, 2.75) is 61.9 Å². The monoisotopic (exact) mass is 440 g/mol. The van der Waals surface area contributed by atoms with Crippen LogP contribution < -0.4 is 10.6 Å². The van der Waals surface area contributed by atoms with Gasteiger partial charge < -0.3 is 10.6 Å². The molecule has 2 fully saturated rings. The van der Waals surface area contributed by atoms with Gasteiger partial charge in [-0.25, -0.2) is 0 Å². The third kappa shape index (κ3) is 5.72. The predicted molar refractivity (Wildman–Crippen MR) is 136 cm³/mol. The number of benzene rings is 2. The highest BCUT2D eigenvalue weighted by Gasteiger charge is 2.30. The lowest BCUT2D eigenvalue weighted by Gasteiger charge is -2.33. The zero-order chi connectivity index (χ0) is 20.8. The first-order chi connectivity index (χ1) is 14.7. The fourth-order valence-corrected chi connectivity index (χ4v) is 6.50. The van der Waals surface area contributed by atoms with Crippen LogP contribution >= 0.6 is 18.5 Å². The molecular weight excluding hydrogens is 402 g/mol. The third-order valence-electron chi connectivity index (χ3n) is 7.29. The van der Waals surface area contributed by atoms with Gasteiger partial charge in [-0.05, 0) is 73.1 Å². The summed E-state index contributed by atoms with van der Waals surface area (Å²) in [7, 11) is 6.19. The highest BCUT2D eigenvalue weighted by molar-refractivity contribution is 7.17. The van der Waals surface area contributed by atoms with Crippen molar-refractivity contribution in [2.24, 2.45) is 11.8 Å². The van der Waals surface area contributed by atoms with E-state index in [4.69, 9.17) is 0 Å². The summed E-state index contributed by atoms with van der Waals surface area (Å²) in [4.78, 5) is 0. The number of hydrogen-bond acceptors (Lipinski definition) is 2. The van der Waals surface area contributed by atoms with E-state index in [9.17, 15) is 0 Å². The Hall–Kier alpha value is -0.780. The van der Waals surface area contributed by atoms with E-state index in [0.717, 1.165) is 36.2 Å². The molecule has 2 aromatic carbocycles. The number of rotatable bonds is 9. The average molecular weight is 441 g/mol. The minimum atomic E-state index is 0.274. The van der Waals surface area contributed by atoms with Crippen molar-refractivity contribution in [1.29, 1.82) is 0 Å². The Labute approximate surface area is 187 Å². The van der Waals surface area contributed by atoms with Crippen molar-refractivity contribution in [3.05, 3.63) is 71.8 Å². The van der Waals surface area contributed by atoms with Crippen LogP contribution in [0.1, 0.15) is 61.7 Å². The standard InChI is InChI=1S/C26H38N2P2/c29-23-15-7-13-21(23)17-27-25(19-9-3-1-4-10-19)26(20-11-5-2-6-12-20)28-18-22-14-8-16-24(22)30/h1-6,9-12,21-28H,7-8,13-18,29-30H2. The lowest BCUT2D eigenvalue weighted by atomic mass is 9.92. The van der Waals surface area contributed by atoms with Gasteiger partial charge in [-0.1, -0.05) is 73.5 Å². The molecular formula is C26H38N2P2. The van der Waals surface area contributed by atoms with Crippen molar-refractivity contribution in [1.82, 2.24) is 10.6 Å². The molecule has 162 valence electrons. The quantitative estimate of drug-likeness (QED) is 0.486. The van der Waals surface area contributed by atoms with E-state index < -0.39 is 0 Å². The zero-order valence-corrected chi connectivity index (χ0v) is 20.4. The molecule has 2 nitrogen and oxygen atoms in total. The van der Waals surface area contributed by atoms with Crippen LogP contribution in [-0.4, -0.2) is 24.4 Å². The van der Waals surface area contributed by atoms with Crippen molar-refractivity contribution < 1.29 is 0 Å². The Morgan fingerprint density at radius 1 is 0.633 bits per heavy atom. The Kier molecular flexibility index (Phi) is 8.36. The molecule has 8 atom stereocenters. The second-order valence-corrected chi connectivity index (χ2v) is 11.0. The van der Waals surface area contributed by atoms with Gasteiger partial charge in [-0.2, -0.15) is 0 Å². The fourth-order valence-electron chi connectivity index (χ4n) is 5.37. The second kappa shape index (κ2) is 11.2. The van der Waals surface area contributed by atoms with Gasteiger partial charge in [-0.15, -0.1) is 18.5 Å². The fraction of sp³-hybridized carbons (Fsp3) is 0.538. The lowest BCUT2D eigenvalue weighted by molar-refractivity contribution is 0.339. The average Bonchev–Trinajstić information content (AvgIpc) is 3.39. The predicted octanol–water partition coefficient (Wildman–Crippen LogP) is 5.74. The van der Waals surface area contributed by atoms with Crippen molar-refractivity contribution in [2.75, 3.05) is 13.1 Å². The van der Waals surface area contributed by atoms with Crippen LogP contribution in [0.5, 0.6) is 0 Å². The van der Waals surface area contributed by atoms with Gasteiger partial charge in [0.2, 0.25) is 0 Å². The Balaban J connectivity index is 1.56. The summed E-state index contributed by atoms with van der Waals surface area (Å²) in [6.07, 6.45) is 8.14. The van der Waals surface area contributed by atoms with Crippen LogP contribution in [0.2, 0.25) is 0 Å². The molecule has 2 aliphatic carbocycles. The molecule has 8 unspecified atom stereocenters. The SMILES string of the molecule is PC1CCCC1CNC(c1ccccc1)C(NCC1CCCC1P)c1ccccc1. The topological polar surface area (TPSA) is 24.1 Å². The Morgan fingerprint density at radius 3 is 1.37 bits per heavy atom. The van der Waals surface area contributed by atoms with Gasteiger partial charge in [0.1, 0.15) is 0 Å². The van der Waals surface area contributed by atoms with Crippen LogP contribution in [-0.2, 0) is 0 Å². The van der Waals surface area contributed by atoms with Gasteiger partial charge in [0.15, 0.2) is 0 Å². The first-order valence-corrected chi connectivity index (χ1v) is 13.1. The van der Waals surface area contributed by atoms with E-state index in [1.165, 1.54) is 49.7 Å². The molecule has 30 heavy (non-hydrogen) atoms. The summed E-state index contributed by atoms with van der Waals surface area (Å²) < 4.78 is 0. The second-order valence-electron chi connectivity index (χ2n) is 9.30. The minimum Gasteiger partial charge on any atom is -0.308 e. The van der Waals surface area contributed by atoms with E-state index in [-0.39, 0.29) is 12.1 Å². The molecule has 0 spiro atoms. The molecule has 4 heteroatoms. The summed E-state index contributed by atoms with van der Waals surface area (Å²) >= 11 is 0. The maximum atomic E-state index is 4.01. The lowest BCUT2D eigenvalue weighted by Crippen LogP contribution is -2.40. The molecule has 0 aromatic heterocycles. The smallest absolute Gasteiger partial charge is 0.0518 e. The molecule has 0 heterocycles. The largest absolute Gasteiger partial charge is 0.308 e. The summed E-state index contributed by atoms with van der Waals surface area (Å²) in [5.74, 6) is 1.53. The maximum Gasteiger partial charge on any atom is 0.0518 e. The molecule has 0 bridgehead atoms. The summed E-state index contributed by atoms with van der Waals surface area (Å²) in [5.41, 5.74) is 4.28. The summed E-state index contributed by atoms with van der Waals surface area (Å²) in [5, 5.41) is 8.03. The van der Waals surface area contributed by atoms with Crippen molar-refractivity contribution in [3.63, 3.8) is 0 Å². The molecule has 0 aliphatic heterocycles. The maximum absolute atomic E-state index is 4.01. The zero-order valence-electron chi connectivity index (χ0n) is 18.0. The van der Waals surface area contributed by atoms with E-state index in [0.29, 0.717) is 0 Å². The van der Waals surface area contributed by atoms with Gasteiger partial charge >= 0.3 is 0 Å². The van der Waals surface area contributed by atoms with Gasteiger partial charge in [-0.3, -0.25) is 0 Å². The third-order valence-corrected chi connectivity index (χ3v) is 9.04. The Morgan fingerprint density at radius 2 is 1.03 bits per heavy atom. The highest BCUT2D eigenvalue weighted by atomic mass is 31.0. The molecule has 0 saturated heterocycles.